The summed E-state index contributed by atoms with van der Waals surface area (Å²) in [6.07, 6.45) is 1.49. The largest absolute Gasteiger partial charge is 0.478 e. The van der Waals surface area contributed by atoms with Gasteiger partial charge in [-0.05, 0) is 35.8 Å². The molecule has 0 amide bonds. The Hall–Kier alpha value is -1.89. The molecule has 0 unspecified atom stereocenters. The van der Waals surface area contributed by atoms with Gasteiger partial charge >= 0.3 is 5.97 Å². The fourth-order valence-electron chi connectivity index (χ4n) is 1.95. The minimum atomic E-state index is -1.11. The molecule has 0 bridgehead atoms. The standard InChI is InChI=1S/C13H14BrN3O3/c1-3-17-10(12(14)8(2)15-17)7-16-5-4-9(13(19)20)6-11(16)18/h4-6H,3,7H2,1-2H3,(H,19,20). The third-order valence-corrected chi connectivity index (χ3v) is 4.05. The van der Waals surface area contributed by atoms with E-state index in [0.717, 1.165) is 21.9 Å². The first-order valence-electron chi connectivity index (χ1n) is 6.09. The molecule has 0 saturated carbocycles. The van der Waals surface area contributed by atoms with Crippen LogP contribution in [0.5, 0.6) is 0 Å². The highest BCUT2D eigenvalue weighted by molar-refractivity contribution is 9.10. The first kappa shape index (κ1) is 14.5. The highest BCUT2D eigenvalue weighted by Crippen LogP contribution is 2.21. The third-order valence-electron chi connectivity index (χ3n) is 3.02. The van der Waals surface area contributed by atoms with Gasteiger partial charge in [-0.1, -0.05) is 0 Å². The van der Waals surface area contributed by atoms with Gasteiger partial charge in [0, 0.05) is 18.8 Å². The lowest BCUT2D eigenvalue weighted by Crippen LogP contribution is -2.22. The fourth-order valence-corrected chi connectivity index (χ4v) is 2.36. The molecule has 0 atom stereocenters. The highest BCUT2D eigenvalue weighted by Gasteiger charge is 2.13. The van der Waals surface area contributed by atoms with Crippen molar-refractivity contribution in [1.29, 1.82) is 0 Å². The number of pyridine rings is 1. The number of hydrogen-bond donors (Lipinski definition) is 1. The zero-order chi connectivity index (χ0) is 14.9. The summed E-state index contributed by atoms with van der Waals surface area (Å²) in [6.45, 7) is 4.90. The van der Waals surface area contributed by atoms with Gasteiger partial charge in [-0.3, -0.25) is 9.48 Å². The topological polar surface area (TPSA) is 77.1 Å². The van der Waals surface area contributed by atoms with Gasteiger partial charge in [0.25, 0.3) is 5.56 Å². The number of rotatable bonds is 4. The van der Waals surface area contributed by atoms with Gasteiger partial charge in [0.15, 0.2) is 0 Å². The molecule has 7 heteroatoms. The van der Waals surface area contributed by atoms with Crippen molar-refractivity contribution in [1.82, 2.24) is 14.3 Å². The third kappa shape index (κ3) is 2.67. The summed E-state index contributed by atoms with van der Waals surface area (Å²) in [5.74, 6) is -1.11. The molecule has 0 aromatic carbocycles. The van der Waals surface area contributed by atoms with Crippen LogP contribution in [0.1, 0.15) is 28.7 Å². The minimum Gasteiger partial charge on any atom is -0.478 e. The number of carboxylic acid groups (broad SMARTS) is 1. The lowest BCUT2D eigenvalue weighted by molar-refractivity contribution is 0.0696. The number of carboxylic acids is 1. The fraction of sp³-hybridized carbons (Fsp3) is 0.308. The molecule has 0 saturated heterocycles. The second kappa shape index (κ2) is 5.62. The van der Waals surface area contributed by atoms with Crippen LogP contribution in [0.2, 0.25) is 0 Å². The van der Waals surface area contributed by atoms with Crippen LogP contribution in [0.25, 0.3) is 0 Å². The first-order chi connectivity index (χ1) is 9.43. The van der Waals surface area contributed by atoms with Crippen LogP contribution in [-0.2, 0) is 13.1 Å². The van der Waals surface area contributed by atoms with E-state index in [-0.39, 0.29) is 11.1 Å². The van der Waals surface area contributed by atoms with Crippen molar-refractivity contribution in [2.45, 2.75) is 26.9 Å². The van der Waals surface area contributed by atoms with Crippen molar-refractivity contribution >= 4 is 21.9 Å². The number of aromatic nitrogens is 3. The van der Waals surface area contributed by atoms with Crippen molar-refractivity contribution in [3.8, 4) is 0 Å². The molecular formula is C13H14BrN3O3. The number of aryl methyl sites for hydroxylation is 2. The SMILES string of the molecule is CCn1nc(C)c(Br)c1Cn1ccc(C(=O)O)cc1=O. The maximum atomic E-state index is 11.9. The first-order valence-corrected chi connectivity index (χ1v) is 6.89. The van der Waals surface area contributed by atoms with Crippen molar-refractivity contribution < 1.29 is 9.90 Å². The van der Waals surface area contributed by atoms with Crippen LogP contribution in [0.3, 0.4) is 0 Å². The van der Waals surface area contributed by atoms with E-state index >= 15 is 0 Å². The molecular weight excluding hydrogens is 326 g/mol. The summed E-state index contributed by atoms with van der Waals surface area (Å²) in [5, 5.41) is 13.2. The number of hydrogen-bond acceptors (Lipinski definition) is 3. The summed E-state index contributed by atoms with van der Waals surface area (Å²) in [6, 6.07) is 2.53. The lowest BCUT2D eigenvalue weighted by Gasteiger charge is -2.08. The molecule has 2 rings (SSSR count). The molecule has 0 radical (unpaired) electrons. The van der Waals surface area contributed by atoms with E-state index in [2.05, 4.69) is 21.0 Å². The molecule has 0 spiro atoms. The Kier molecular flexibility index (Phi) is 4.08. The van der Waals surface area contributed by atoms with Crippen LogP contribution < -0.4 is 5.56 Å². The Morgan fingerprint density at radius 2 is 2.20 bits per heavy atom. The molecule has 0 aliphatic carbocycles. The van der Waals surface area contributed by atoms with Gasteiger partial charge in [0.05, 0.1) is 28.0 Å². The Balaban J connectivity index is 2.40. The van der Waals surface area contributed by atoms with Gasteiger partial charge in [-0.15, -0.1) is 0 Å². The summed E-state index contributed by atoms with van der Waals surface area (Å²) in [7, 11) is 0. The Labute approximate surface area is 123 Å². The van der Waals surface area contributed by atoms with Gasteiger partial charge in [0.2, 0.25) is 0 Å². The molecule has 2 aromatic heterocycles. The van der Waals surface area contributed by atoms with E-state index in [1.165, 1.54) is 16.8 Å². The van der Waals surface area contributed by atoms with E-state index in [0.29, 0.717) is 13.1 Å². The van der Waals surface area contributed by atoms with Crippen LogP contribution in [0.15, 0.2) is 27.6 Å². The zero-order valence-corrected chi connectivity index (χ0v) is 12.7. The monoisotopic (exact) mass is 339 g/mol. The zero-order valence-electron chi connectivity index (χ0n) is 11.1. The number of halogens is 1. The average Bonchev–Trinajstić information content (AvgIpc) is 2.68. The number of carbonyl (C=O) groups is 1. The maximum Gasteiger partial charge on any atom is 0.335 e. The van der Waals surface area contributed by atoms with E-state index in [9.17, 15) is 9.59 Å². The van der Waals surface area contributed by atoms with Crippen molar-refractivity contribution in [2.75, 3.05) is 0 Å². The Bertz CT molecular complexity index is 718. The Morgan fingerprint density at radius 3 is 2.75 bits per heavy atom. The van der Waals surface area contributed by atoms with Gasteiger partial charge < -0.3 is 9.67 Å². The second-order valence-electron chi connectivity index (χ2n) is 4.35. The molecule has 0 aliphatic rings. The second-order valence-corrected chi connectivity index (χ2v) is 5.14. The molecule has 2 heterocycles. The van der Waals surface area contributed by atoms with E-state index in [1.54, 1.807) is 0 Å². The highest BCUT2D eigenvalue weighted by atomic mass is 79.9. The lowest BCUT2D eigenvalue weighted by atomic mass is 10.2. The van der Waals surface area contributed by atoms with E-state index in [1.807, 2.05) is 18.5 Å². The van der Waals surface area contributed by atoms with E-state index < -0.39 is 5.97 Å². The van der Waals surface area contributed by atoms with Crippen LogP contribution in [0.4, 0.5) is 0 Å². The smallest absolute Gasteiger partial charge is 0.335 e. The normalized spacial score (nSPS) is 10.8. The molecule has 1 N–H and O–H groups in total. The molecule has 0 fully saturated rings. The molecule has 20 heavy (non-hydrogen) atoms. The maximum absolute atomic E-state index is 11.9. The van der Waals surface area contributed by atoms with Crippen molar-refractivity contribution in [3.05, 3.63) is 50.1 Å². The summed E-state index contributed by atoms with van der Waals surface area (Å²) < 4.78 is 4.14. The van der Waals surface area contributed by atoms with Gasteiger partial charge in [-0.25, -0.2) is 4.79 Å². The van der Waals surface area contributed by atoms with Gasteiger partial charge in [0.1, 0.15) is 0 Å². The molecule has 6 nitrogen and oxygen atoms in total. The predicted molar refractivity (Wildman–Crippen MR) is 77.1 cm³/mol. The Morgan fingerprint density at radius 1 is 1.50 bits per heavy atom. The summed E-state index contributed by atoms with van der Waals surface area (Å²) >= 11 is 3.47. The summed E-state index contributed by atoms with van der Waals surface area (Å²) in [5.41, 5.74) is 1.39. The predicted octanol–water partition coefficient (Wildman–Crippen LogP) is 1.88. The van der Waals surface area contributed by atoms with Gasteiger partial charge in [-0.2, -0.15) is 5.10 Å². The minimum absolute atomic E-state index is 0.00880. The average molecular weight is 340 g/mol. The van der Waals surface area contributed by atoms with Crippen LogP contribution in [-0.4, -0.2) is 25.4 Å². The quantitative estimate of drug-likeness (QED) is 0.922. The summed E-state index contributed by atoms with van der Waals surface area (Å²) in [4.78, 5) is 22.7. The van der Waals surface area contributed by atoms with Crippen molar-refractivity contribution in [3.63, 3.8) is 0 Å². The van der Waals surface area contributed by atoms with Crippen LogP contribution >= 0.6 is 15.9 Å². The van der Waals surface area contributed by atoms with Crippen LogP contribution in [0, 0.1) is 6.92 Å². The number of aromatic carboxylic acids is 1. The van der Waals surface area contributed by atoms with E-state index in [4.69, 9.17) is 5.11 Å². The molecule has 2 aromatic rings. The van der Waals surface area contributed by atoms with Crippen molar-refractivity contribution in [2.24, 2.45) is 0 Å². The molecule has 106 valence electrons. The number of nitrogens with zero attached hydrogens (tertiary/aromatic N) is 3. The molecule has 0 aliphatic heterocycles.